The van der Waals surface area contributed by atoms with Crippen LogP contribution in [0.4, 0.5) is 0 Å². The van der Waals surface area contributed by atoms with E-state index in [0.717, 1.165) is 5.75 Å². The number of benzene rings is 1. The summed E-state index contributed by atoms with van der Waals surface area (Å²) in [6.07, 6.45) is 1.22. The standard InChI is InChI=1S/C13H19NS/c1-3-15-12-8-9(2)10-6-4-5-7-11(10)13(12)14/h4-7,9,12-13H,3,8,14H2,1-2H3. The van der Waals surface area contributed by atoms with Gasteiger partial charge in [-0.25, -0.2) is 0 Å². The number of hydrogen-bond acceptors (Lipinski definition) is 2. The number of hydrogen-bond donors (Lipinski definition) is 1. The first-order valence-electron chi connectivity index (χ1n) is 5.70. The van der Waals surface area contributed by atoms with Crippen molar-refractivity contribution in [3.63, 3.8) is 0 Å². The van der Waals surface area contributed by atoms with Gasteiger partial charge in [0.15, 0.2) is 0 Å². The molecule has 0 heterocycles. The number of rotatable bonds is 2. The van der Waals surface area contributed by atoms with Crippen molar-refractivity contribution < 1.29 is 0 Å². The van der Waals surface area contributed by atoms with E-state index in [1.165, 1.54) is 17.5 Å². The third-order valence-corrected chi connectivity index (χ3v) is 4.50. The zero-order chi connectivity index (χ0) is 10.8. The Hall–Kier alpha value is -0.470. The van der Waals surface area contributed by atoms with Gasteiger partial charge in [0, 0.05) is 11.3 Å². The van der Waals surface area contributed by atoms with Crippen LogP contribution >= 0.6 is 11.8 Å². The van der Waals surface area contributed by atoms with Crippen molar-refractivity contribution in [2.75, 3.05) is 5.75 Å². The van der Waals surface area contributed by atoms with E-state index in [1.807, 2.05) is 11.8 Å². The predicted molar refractivity (Wildman–Crippen MR) is 68.3 cm³/mol. The first-order valence-corrected chi connectivity index (χ1v) is 6.75. The van der Waals surface area contributed by atoms with Crippen molar-refractivity contribution in [1.29, 1.82) is 0 Å². The van der Waals surface area contributed by atoms with E-state index in [-0.39, 0.29) is 6.04 Å². The zero-order valence-corrected chi connectivity index (χ0v) is 10.3. The van der Waals surface area contributed by atoms with E-state index in [2.05, 4.69) is 38.1 Å². The fraction of sp³-hybridized carbons (Fsp3) is 0.538. The normalized spacial score (nSPS) is 29.9. The largest absolute Gasteiger partial charge is 0.323 e. The molecule has 2 N–H and O–H groups in total. The summed E-state index contributed by atoms with van der Waals surface area (Å²) in [6, 6.07) is 8.87. The molecule has 0 saturated heterocycles. The Morgan fingerprint density at radius 3 is 2.67 bits per heavy atom. The summed E-state index contributed by atoms with van der Waals surface area (Å²) in [6.45, 7) is 4.52. The van der Waals surface area contributed by atoms with Gasteiger partial charge in [0.1, 0.15) is 0 Å². The average Bonchev–Trinajstić information content (AvgIpc) is 2.26. The third-order valence-electron chi connectivity index (χ3n) is 3.25. The second kappa shape index (κ2) is 4.58. The molecular formula is C13H19NS. The Morgan fingerprint density at radius 1 is 1.33 bits per heavy atom. The Kier molecular flexibility index (Phi) is 3.37. The van der Waals surface area contributed by atoms with Crippen LogP contribution in [0.5, 0.6) is 0 Å². The molecule has 1 aliphatic rings. The molecule has 0 bridgehead atoms. The third kappa shape index (κ3) is 2.06. The maximum Gasteiger partial charge on any atom is 0.0418 e. The topological polar surface area (TPSA) is 26.0 Å². The van der Waals surface area contributed by atoms with E-state index < -0.39 is 0 Å². The molecule has 0 spiro atoms. The van der Waals surface area contributed by atoms with Crippen molar-refractivity contribution in [3.05, 3.63) is 35.4 Å². The minimum Gasteiger partial charge on any atom is -0.323 e. The van der Waals surface area contributed by atoms with Crippen molar-refractivity contribution in [1.82, 2.24) is 0 Å². The van der Waals surface area contributed by atoms with Crippen LogP contribution in [0.15, 0.2) is 24.3 Å². The molecule has 0 fully saturated rings. The van der Waals surface area contributed by atoms with Crippen LogP contribution in [-0.4, -0.2) is 11.0 Å². The molecule has 15 heavy (non-hydrogen) atoms. The van der Waals surface area contributed by atoms with E-state index in [0.29, 0.717) is 11.2 Å². The molecule has 0 aromatic heterocycles. The highest BCUT2D eigenvalue weighted by atomic mass is 32.2. The van der Waals surface area contributed by atoms with Gasteiger partial charge in [-0.1, -0.05) is 38.1 Å². The Morgan fingerprint density at radius 2 is 2.00 bits per heavy atom. The molecule has 82 valence electrons. The SMILES string of the molecule is CCSC1CC(C)c2ccccc2C1N. The molecule has 1 nitrogen and oxygen atoms in total. The fourth-order valence-electron chi connectivity index (χ4n) is 2.47. The van der Waals surface area contributed by atoms with E-state index in [9.17, 15) is 0 Å². The minimum atomic E-state index is 0.224. The van der Waals surface area contributed by atoms with E-state index in [4.69, 9.17) is 5.73 Å². The highest BCUT2D eigenvalue weighted by molar-refractivity contribution is 7.99. The monoisotopic (exact) mass is 221 g/mol. The molecule has 2 heteroatoms. The Labute approximate surface area is 96.4 Å². The molecule has 0 amide bonds. The minimum absolute atomic E-state index is 0.224. The summed E-state index contributed by atoms with van der Waals surface area (Å²) in [7, 11) is 0. The Bertz CT molecular complexity index is 337. The highest BCUT2D eigenvalue weighted by Crippen LogP contribution is 2.41. The van der Waals surface area contributed by atoms with Crippen LogP contribution in [0.2, 0.25) is 0 Å². The summed E-state index contributed by atoms with van der Waals surface area (Å²) < 4.78 is 0. The first-order chi connectivity index (χ1) is 7.24. The number of fused-ring (bicyclic) bond motifs is 1. The lowest BCUT2D eigenvalue weighted by molar-refractivity contribution is 0.528. The van der Waals surface area contributed by atoms with Crippen LogP contribution in [0.1, 0.15) is 43.4 Å². The van der Waals surface area contributed by atoms with Crippen molar-refractivity contribution in [2.45, 2.75) is 37.5 Å². The summed E-state index contributed by atoms with van der Waals surface area (Å²) in [5, 5.41) is 0.597. The first kappa shape index (κ1) is 11.0. The molecule has 3 unspecified atom stereocenters. The zero-order valence-electron chi connectivity index (χ0n) is 9.44. The summed E-state index contributed by atoms with van der Waals surface area (Å²) in [5.74, 6) is 1.82. The van der Waals surface area contributed by atoms with Crippen LogP contribution in [0.3, 0.4) is 0 Å². The lowest BCUT2D eigenvalue weighted by atomic mass is 9.81. The van der Waals surface area contributed by atoms with Crippen LogP contribution in [-0.2, 0) is 0 Å². The van der Waals surface area contributed by atoms with Crippen molar-refractivity contribution in [2.24, 2.45) is 5.73 Å². The molecule has 1 aromatic carbocycles. The van der Waals surface area contributed by atoms with Gasteiger partial charge in [0.05, 0.1) is 0 Å². The molecule has 1 aromatic rings. The summed E-state index contributed by atoms with van der Waals surface area (Å²) >= 11 is 2.00. The van der Waals surface area contributed by atoms with Crippen molar-refractivity contribution >= 4 is 11.8 Å². The lowest BCUT2D eigenvalue weighted by Crippen LogP contribution is -2.31. The fourth-order valence-corrected chi connectivity index (χ4v) is 3.68. The van der Waals surface area contributed by atoms with Gasteiger partial charge in [-0.15, -0.1) is 0 Å². The van der Waals surface area contributed by atoms with Gasteiger partial charge in [-0.05, 0) is 29.2 Å². The molecule has 1 aliphatic carbocycles. The quantitative estimate of drug-likeness (QED) is 0.829. The molecule has 0 saturated carbocycles. The Balaban J connectivity index is 2.31. The second-order valence-corrected chi connectivity index (χ2v) is 5.80. The number of nitrogens with two attached hydrogens (primary N) is 1. The number of thioether (sulfide) groups is 1. The predicted octanol–water partition coefficient (Wildman–Crippen LogP) is 3.32. The van der Waals surface area contributed by atoms with Gasteiger partial charge in [-0.3, -0.25) is 0 Å². The maximum atomic E-state index is 6.32. The van der Waals surface area contributed by atoms with Crippen LogP contribution in [0, 0.1) is 0 Å². The highest BCUT2D eigenvalue weighted by Gasteiger charge is 2.30. The van der Waals surface area contributed by atoms with E-state index in [1.54, 1.807) is 0 Å². The second-order valence-electron chi connectivity index (χ2n) is 4.29. The van der Waals surface area contributed by atoms with Gasteiger partial charge >= 0.3 is 0 Å². The smallest absolute Gasteiger partial charge is 0.0418 e. The van der Waals surface area contributed by atoms with Gasteiger partial charge in [-0.2, -0.15) is 11.8 Å². The molecule has 0 aliphatic heterocycles. The van der Waals surface area contributed by atoms with Crippen LogP contribution < -0.4 is 5.73 Å². The molecule has 3 atom stereocenters. The molecule has 2 rings (SSSR count). The van der Waals surface area contributed by atoms with Crippen molar-refractivity contribution in [3.8, 4) is 0 Å². The maximum absolute atomic E-state index is 6.32. The van der Waals surface area contributed by atoms with Gasteiger partial charge in [0.2, 0.25) is 0 Å². The van der Waals surface area contributed by atoms with Crippen LogP contribution in [0.25, 0.3) is 0 Å². The van der Waals surface area contributed by atoms with Gasteiger partial charge < -0.3 is 5.73 Å². The summed E-state index contributed by atoms with van der Waals surface area (Å²) in [5.41, 5.74) is 9.14. The van der Waals surface area contributed by atoms with Gasteiger partial charge in [0.25, 0.3) is 0 Å². The molecular weight excluding hydrogens is 202 g/mol. The van der Waals surface area contributed by atoms with E-state index >= 15 is 0 Å². The summed E-state index contributed by atoms with van der Waals surface area (Å²) in [4.78, 5) is 0. The average molecular weight is 221 g/mol. The molecule has 0 radical (unpaired) electrons. The lowest BCUT2D eigenvalue weighted by Gasteiger charge is -2.34.